The van der Waals surface area contributed by atoms with Gasteiger partial charge in [-0.15, -0.1) is 11.8 Å². The second kappa shape index (κ2) is 6.11. The standard InChI is InChI=1S/C13H16N2OS2/c1-9-3-5-12(6-4-9)16-10(2)18-8-11-7-14-13(17)15-11/h3-7,10H,8H2,1-2H3,(H2,14,15,17). The summed E-state index contributed by atoms with van der Waals surface area (Å²) < 4.78 is 6.48. The van der Waals surface area contributed by atoms with Crippen molar-refractivity contribution in [3.63, 3.8) is 0 Å². The van der Waals surface area contributed by atoms with Gasteiger partial charge in [-0.05, 0) is 38.2 Å². The number of rotatable bonds is 5. The molecule has 5 heteroatoms. The SMILES string of the molecule is Cc1ccc(OC(C)SCc2c[nH]c(=S)[nH]2)cc1. The minimum absolute atomic E-state index is 0.101. The number of aromatic amines is 2. The zero-order chi connectivity index (χ0) is 13.0. The molecular weight excluding hydrogens is 264 g/mol. The Morgan fingerprint density at radius 1 is 1.33 bits per heavy atom. The van der Waals surface area contributed by atoms with Crippen molar-refractivity contribution in [2.45, 2.75) is 25.0 Å². The highest BCUT2D eigenvalue weighted by molar-refractivity contribution is 7.98. The van der Waals surface area contributed by atoms with Gasteiger partial charge in [0.25, 0.3) is 0 Å². The Morgan fingerprint density at radius 2 is 2.06 bits per heavy atom. The van der Waals surface area contributed by atoms with Crippen LogP contribution in [0.2, 0.25) is 0 Å². The minimum Gasteiger partial charge on any atom is -0.480 e. The lowest BCUT2D eigenvalue weighted by atomic mass is 10.2. The molecule has 2 N–H and O–H groups in total. The van der Waals surface area contributed by atoms with Crippen molar-refractivity contribution in [1.29, 1.82) is 0 Å². The third kappa shape index (κ3) is 3.92. The van der Waals surface area contributed by atoms with Crippen LogP contribution in [0.15, 0.2) is 30.5 Å². The van der Waals surface area contributed by atoms with E-state index in [9.17, 15) is 0 Å². The first kappa shape index (κ1) is 13.2. The van der Waals surface area contributed by atoms with E-state index in [1.165, 1.54) is 5.56 Å². The molecule has 0 saturated carbocycles. The first-order chi connectivity index (χ1) is 8.63. The number of aromatic nitrogens is 2. The normalized spacial score (nSPS) is 12.3. The molecule has 1 heterocycles. The molecule has 1 aromatic heterocycles. The zero-order valence-corrected chi connectivity index (χ0v) is 12.0. The molecule has 0 aliphatic rings. The van der Waals surface area contributed by atoms with Crippen LogP contribution in [-0.4, -0.2) is 15.4 Å². The van der Waals surface area contributed by atoms with Crippen LogP contribution >= 0.6 is 24.0 Å². The molecule has 18 heavy (non-hydrogen) atoms. The summed E-state index contributed by atoms with van der Waals surface area (Å²) in [5.41, 5.74) is 2.43. The van der Waals surface area contributed by atoms with Crippen LogP contribution in [0.5, 0.6) is 5.75 Å². The fourth-order valence-electron chi connectivity index (χ4n) is 1.50. The van der Waals surface area contributed by atoms with Gasteiger partial charge in [-0.1, -0.05) is 17.7 Å². The van der Waals surface area contributed by atoms with E-state index < -0.39 is 0 Å². The van der Waals surface area contributed by atoms with Crippen LogP contribution < -0.4 is 4.74 Å². The Labute approximate surface area is 116 Å². The first-order valence-electron chi connectivity index (χ1n) is 5.75. The highest BCUT2D eigenvalue weighted by Gasteiger charge is 2.05. The number of hydrogen-bond acceptors (Lipinski definition) is 3. The fraction of sp³-hybridized carbons (Fsp3) is 0.308. The predicted octanol–water partition coefficient (Wildman–Crippen LogP) is 4.04. The number of ether oxygens (including phenoxy) is 1. The lowest BCUT2D eigenvalue weighted by Crippen LogP contribution is -2.07. The van der Waals surface area contributed by atoms with Crippen molar-refractivity contribution in [2.75, 3.05) is 0 Å². The number of imidazole rings is 1. The smallest absolute Gasteiger partial charge is 0.174 e. The van der Waals surface area contributed by atoms with Gasteiger partial charge in [0.2, 0.25) is 0 Å². The van der Waals surface area contributed by atoms with Gasteiger partial charge in [0.05, 0.1) is 0 Å². The van der Waals surface area contributed by atoms with Gasteiger partial charge in [0.1, 0.15) is 11.2 Å². The lowest BCUT2D eigenvalue weighted by Gasteiger charge is -2.13. The van der Waals surface area contributed by atoms with Gasteiger partial charge in [-0.2, -0.15) is 0 Å². The van der Waals surface area contributed by atoms with Crippen LogP contribution in [0.3, 0.4) is 0 Å². The van der Waals surface area contributed by atoms with E-state index in [0.29, 0.717) is 4.77 Å². The van der Waals surface area contributed by atoms with E-state index >= 15 is 0 Å². The quantitative estimate of drug-likeness (QED) is 0.641. The molecule has 96 valence electrons. The number of thioether (sulfide) groups is 1. The third-order valence-corrected chi connectivity index (χ3v) is 3.71. The van der Waals surface area contributed by atoms with Crippen LogP contribution in [0.4, 0.5) is 0 Å². The molecule has 0 amide bonds. The van der Waals surface area contributed by atoms with E-state index in [1.54, 1.807) is 11.8 Å². The van der Waals surface area contributed by atoms with Gasteiger partial charge in [0, 0.05) is 17.6 Å². The summed E-state index contributed by atoms with van der Waals surface area (Å²) in [6, 6.07) is 8.10. The number of H-pyrrole nitrogens is 2. The van der Waals surface area contributed by atoms with Crippen molar-refractivity contribution < 1.29 is 4.74 Å². The average molecular weight is 280 g/mol. The highest BCUT2D eigenvalue weighted by atomic mass is 32.2. The molecule has 0 aliphatic heterocycles. The van der Waals surface area contributed by atoms with Crippen molar-refractivity contribution in [3.8, 4) is 5.75 Å². The van der Waals surface area contributed by atoms with Crippen molar-refractivity contribution in [1.82, 2.24) is 9.97 Å². The third-order valence-electron chi connectivity index (χ3n) is 2.45. The molecule has 1 aromatic carbocycles. The second-order valence-electron chi connectivity index (χ2n) is 4.08. The van der Waals surface area contributed by atoms with Gasteiger partial charge in [-0.25, -0.2) is 0 Å². The molecule has 0 spiro atoms. The van der Waals surface area contributed by atoms with Gasteiger partial charge in [-0.3, -0.25) is 0 Å². The summed E-state index contributed by atoms with van der Waals surface area (Å²) in [4.78, 5) is 6.04. The van der Waals surface area contributed by atoms with E-state index in [-0.39, 0.29) is 5.44 Å². The van der Waals surface area contributed by atoms with Gasteiger partial charge in [0.15, 0.2) is 4.77 Å². The van der Waals surface area contributed by atoms with Crippen molar-refractivity contribution in [3.05, 3.63) is 46.5 Å². The summed E-state index contributed by atoms with van der Waals surface area (Å²) >= 11 is 6.70. The Morgan fingerprint density at radius 3 is 2.67 bits per heavy atom. The van der Waals surface area contributed by atoms with E-state index in [0.717, 1.165) is 17.2 Å². The molecule has 1 atom stereocenters. The lowest BCUT2D eigenvalue weighted by molar-refractivity contribution is 0.307. The molecule has 0 saturated heterocycles. The maximum absolute atomic E-state index is 5.81. The zero-order valence-electron chi connectivity index (χ0n) is 10.4. The largest absolute Gasteiger partial charge is 0.480 e. The van der Waals surface area contributed by atoms with Crippen molar-refractivity contribution in [2.24, 2.45) is 0 Å². The fourth-order valence-corrected chi connectivity index (χ4v) is 2.44. The Kier molecular flexibility index (Phi) is 4.49. The van der Waals surface area contributed by atoms with E-state index in [2.05, 4.69) is 29.0 Å². The topological polar surface area (TPSA) is 40.8 Å². The van der Waals surface area contributed by atoms with Crippen LogP contribution in [0.1, 0.15) is 18.2 Å². The summed E-state index contributed by atoms with van der Waals surface area (Å²) in [6.07, 6.45) is 1.90. The molecule has 2 aromatic rings. The Balaban J connectivity index is 1.83. The molecule has 3 nitrogen and oxygen atoms in total. The number of aryl methyl sites for hydroxylation is 1. The summed E-state index contributed by atoms with van der Waals surface area (Å²) in [6.45, 7) is 4.11. The summed E-state index contributed by atoms with van der Waals surface area (Å²) in [5, 5.41) is 0. The number of benzene rings is 1. The molecule has 0 fully saturated rings. The molecular formula is C13H16N2OS2. The Hall–Kier alpha value is -1.20. The number of hydrogen-bond donors (Lipinski definition) is 2. The van der Waals surface area contributed by atoms with Crippen LogP contribution in [-0.2, 0) is 5.75 Å². The second-order valence-corrected chi connectivity index (χ2v) is 5.77. The Bertz CT molecular complexity index is 545. The van der Waals surface area contributed by atoms with Crippen LogP contribution in [0.25, 0.3) is 0 Å². The molecule has 2 rings (SSSR count). The van der Waals surface area contributed by atoms with E-state index in [4.69, 9.17) is 17.0 Å². The molecule has 1 unspecified atom stereocenters. The monoisotopic (exact) mass is 280 g/mol. The number of nitrogens with one attached hydrogen (secondary N) is 2. The van der Waals surface area contributed by atoms with Crippen LogP contribution in [0, 0.1) is 11.7 Å². The predicted molar refractivity (Wildman–Crippen MR) is 78.5 cm³/mol. The molecule has 0 aliphatic carbocycles. The molecule has 0 radical (unpaired) electrons. The first-order valence-corrected chi connectivity index (χ1v) is 7.20. The van der Waals surface area contributed by atoms with Crippen molar-refractivity contribution >= 4 is 24.0 Å². The highest BCUT2D eigenvalue weighted by Crippen LogP contribution is 2.21. The minimum atomic E-state index is 0.101. The van der Waals surface area contributed by atoms with Gasteiger partial charge < -0.3 is 14.7 Å². The van der Waals surface area contributed by atoms with Gasteiger partial charge >= 0.3 is 0 Å². The molecule has 0 bridgehead atoms. The summed E-state index contributed by atoms with van der Waals surface area (Å²) in [5.74, 6) is 1.75. The average Bonchev–Trinajstić information content (AvgIpc) is 2.76. The summed E-state index contributed by atoms with van der Waals surface area (Å²) in [7, 11) is 0. The maximum atomic E-state index is 5.81. The van der Waals surface area contributed by atoms with E-state index in [1.807, 2.05) is 25.3 Å². The maximum Gasteiger partial charge on any atom is 0.174 e.